The molecule has 0 aliphatic carbocycles. The molecule has 0 aliphatic heterocycles. The van der Waals surface area contributed by atoms with Crippen LogP contribution >= 0.6 is 0 Å². The average molecular weight is 274 g/mol. The van der Waals surface area contributed by atoms with Crippen LogP contribution in [0.4, 0.5) is 5.69 Å². The summed E-state index contributed by atoms with van der Waals surface area (Å²) in [5.41, 5.74) is 4.10. The van der Waals surface area contributed by atoms with Crippen LogP contribution in [0.5, 0.6) is 0 Å². The van der Waals surface area contributed by atoms with Gasteiger partial charge in [0.15, 0.2) is 0 Å². The molecule has 0 fully saturated rings. The van der Waals surface area contributed by atoms with E-state index in [0.29, 0.717) is 0 Å². The highest BCUT2D eigenvalue weighted by molar-refractivity contribution is 5.82. The Balaban J connectivity index is 1.60. The third-order valence-electron chi connectivity index (χ3n) is 3.63. The second-order valence-corrected chi connectivity index (χ2v) is 5.03. The van der Waals surface area contributed by atoms with E-state index < -0.39 is 0 Å². The first-order valence-corrected chi connectivity index (χ1v) is 6.94. The fraction of sp³-hybridized carbons (Fsp3) is 0.0556. The van der Waals surface area contributed by atoms with Crippen molar-refractivity contribution in [2.45, 2.75) is 6.54 Å². The van der Waals surface area contributed by atoms with Crippen molar-refractivity contribution in [2.75, 3.05) is 5.32 Å². The van der Waals surface area contributed by atoms with Crippen LogP contribution in [0, 0.1) is 0 Å². The van der Waals surface area contributed by atoms with E-state index in [1.54, 1.807) is 0 Å². The third-order valence-corrected chi connectivity index (χ3v) is 3.63. The normalized spacial score (nSPS) is 11.0. The van der Waals surface area contributed by atoms with E-state index in [0.717, 1.165) is 39.7 Å². The molecule has 0 amide bonds. The number of pyridine rings is 1. The summed E-state index contributed by atoms with van der Waals surface area (Å²) >= 11 is 0. The number of para-hydroxylation sites is 2. The molecule has 0 saturated carbocycles. The Bertz CT molecular complexity index is 911. The lowest BCUT2D eigenvalue weighted by molar-refractivity contribution is 0.611. The second kappa shape index (κ2) is 4.94. The Morgan fingerprint density at radius 1 is 1.00 bits per heavy atom. The van der Waals surface area contributed by atoms with Gasteiger partial charge >= 0.3 is 0 Å². The van der Waals surface area contributed by atoms with Crippen molar-refractivity contribution in [3.8, 4) is 0 Å². The molecule has 4 rings (SSSR count). The van der Waals surface area contributed by atoms with Gasteiger partial charge in [0.25, 0.3) is 0 Å². The fourth-order valence-corrected chi connectivity index (χ4v) is 2.53. The fourth-order valence-electron chi connectivity index (χ4n) is 2.53. The number of nitrogens with zero attached hydrogens (tertiary/aromatic N) is 1. The summed E-state index contributed by atoms with van der Waals surface area (Å²) in [6, 6.07) is 18.3. The molecule has 3 heteroatoms. The average Bonchev–Trinajstić information content (AvgIpc) is 2.96. The minimum atomic E-state index is 0.719. The number of aromatic nitrogens is 1. The van der Waals surface area contributed by atoms with E-state index in [2.05, 4.69) is 28.5 Å². The first-order chi connectivity index (χ1) is 10.4. The van der Waals surface area contributed by atoms with Gasteiger partial charge in [-0.25, -0.2) is 0 Å². The molecule has 3 nitrogen and oxygen atoms in total. The highest BCUT2D eigenvalue weighted by Crippen LogP contribution is 2.22. The molecule has 102 valence electrons. The molecule has 1 N–H and O–H groups in total. The Kier molecular flexibility index (Phi) is 2.82. The predicted molar refractivity (Wildman–Crippen MR) is 85.3 cm³/mol. The van der Waals surface area contributed by atoms with Crippen molar-refractivity contribution in [1.82, 2.24) is 4.98 Å². The summed E-state index contributed by atoms with van der Waals surface area (Å²) in [7, 11) is 0. The van der Waals surface area contributed by atoms with E-state index in [-0.39, 0.29) is 0 Å². The van der Waals surface area contributed by atoms with E-state index in [1.807, 2.05) is 48.9 Å². The molecule has 0 atom stereocenters. The summed E-state index contributed by atoms with van der Waals surface area (Å²) in [5, 5.41) is 5.70. The Morgan fingerprint density at radius 3 is 2.86 bits per heavy atom. The van der Waals surface area contributed by atoms with Crippen LogP contribution in [0.15, 0.2) is 71.5 Å². The van der Waals surface area contributed by atoms with Crippen LogP contribution in [0.3, 0.4) is 0 Å². The van der Waals surface area contributed by atoms with E-state index in [9.17, 15) is 0 Å². The maximum Gasteiger partial charge on any atom is 0.134 e. The second-order valence-electron chi connectivity index (χ2n) is 5.03. The summed E-state index contributed by atoms with van der Waals surface area (Å²) in [4.78, 5) is 4.46. The minimum absolute atomic E-state index is 0.719. The number of nitrogens with one attached hydrogen (secondary N) is 1. The number of furan rings is 1. The van der Waals surface area contributed by atoms with E-state index in [1.165, 1.54) is 0 Å². The molecule has 0 spiro atoms. The molecule has 2 heterocycles. The molecule has 0 radical (unpaired) electrons. The third kappa shape index (κ3) is 2.23. The zero-order valence-electron chi connectivity index (χ0n) is 11.4. The molecule has 0 saturated heterocycles. The molecule has 0 bridgehead atoms. The van der Waals surface area contributed by atoms with Gasteiger partial charge in [-0.05, 0) is 18.2 Å². The standard InChI is InChI=1S/C18H14N2O/c1-3-7-17-13(5-1)9-15(11-20-17)19-10-14-12-21-18-8-4-2-6-16(14)18/h1-9,11-12,19H,10H2. The molecule has 4 aromatic rings. The van der Waals surface area contributed by atoms with Crippen LogP contribution in [-0.2, 0) is 6.54 Å². The number of fused-ring (bicyclic) bond motifs is 2. The van der Waals surface area contributed by atoms with Crippen molar-refractivity contribution in [3.63, 3.8) is 0 Å². The van der Waals surface area contributed by atoms with Crippen molar-refractivity contribution in [3.05, 3.63) is 72.6 Å². The summed E-state index contributed by atoms with van der Waals surface area (Å²) in [5.74, 6) is 0. The van der Waals surface area contributed by atoms with Gasteiger partial charge in [-0.2, -0.15) is 0 Å². The van der Waals surface area contributed by atoms with Crippen molar-refractivity contribution >= 4 is 27.6 Å². The molecular formula is C18H14N2O. The number of hydrogen-bond donors (Lipinski definition) is 1. The number of anilines is 1. The number of benzene rings is 2. The quantitative estimate of drug-likeness (QED) is 0.593. The first-order valence-electron chi connectivity index (χ1n) is 6.94. The Labute approximate surface area is 122 Å². The molecular weight excluding hydrogens is 260 g/mol. The van der Waals surface area contributed by atoms with Crippen molar-refractivity contribution in [1.29, 1.82) is 0 Å². The van der Waals surface area contributed by atoms with Gasteiger partial charge in [-0.1, -0.05) is 36.4 Å². The van der Waals surface area contributed by atoms with Crippen LogP contribution in [0.2, 0.25) is 0 Å². The molecule has 0 unspecified atom stereocenters. The van der Waals surface area contributed by atoms with Gasteiger partial charge in [-0.15, -0.1) is 0 Å². The van der Waals surface area contributed by atoms with Crippen LogP contribution < -0.4 is 5.32 Å². The molecule has 2 aromatic carbocycles. The van der Waals surface area contributed by atoms with Gasteiger partial charge in [-0.3, -0.25) is 4.98 Å². The first kappa shape index (κ1) is 12.0. The zero-order valence-corrected chi connectivity index (χ0v) is 11.4. The number of hydrogen-bond acceptors (Lipinski definition) is 3. The highest BCUT2D eigenvalue weighted by atomic mass is 16.3. The monoisotopic (exact) mass is 274 g/mol. The molecule has 21 heavy (non-hydrogen) atoms. The van der Waals surface area contributed by atoms with E-state index in [4.69, 9.17) is 4.42 Å². The Hall–Kier alpha value is -2.81. The topological polar surface area (TPSA) is 38.1 Å². The SMILES string of the molecule is c1ccc2ncc(NCc3coc4ccccc34)cc2c1. The van der Waals surface area contributed by atoms with Crippen molar-refractivity contribution in [2.24, 2.45) is 0 Å². The summed E-state index contributed by atoms with van der Waals surface area (Å²) in [6.45, 7) is 0.719. The molecule has 0 aliphatic rings. The lowest BCUT2D eigenvalue weighted by Gasteiger charge is -2.06. The van der Waals surface area contributed by atoms with Gasteiger partial charge in [0.2, 0.25) is 0 Å². The van der Waals surface area contributed by atoms with Gasteiger partial charge < -0.3 is 9.73 Å². The van der Waals surface area contributed by atoms with E-state index >= 15 is 0 Å². The van der Waals surface area contributed by atoms with Crippen molar-refractivity contribution < 1.29 is 4.42 Å². The zero-order chi connectivity index (χ0) is 14.1. The maximum absolute atomic E-state index is 5.55. The van der Waals surface area contributed by atoms with Gasteiger partial charge in [0.05, 0.1) is 23.7 Å². The molecule has 2 aromatic heterocycles. The Morgan fingerprint density at radius 2 is 1.86 bits per heavy atom. The van der Waals surface area contributed by atoms with Crippen LogP contribution in [0.1, 0.15) is 5.56 Å². The van der Waals surface area contributed by atoms with Crippen LogP contribution in [0.25, 0.3) is 21.9 Å². The van der Waals surface area contributed by atoms with Crippen LogP contribution in [-0.4, -0.2) is 4.98 Å². The maximum atomic E-state index is 5.55. The highest BCUT2D eigenvalue weighted by Gasteiger charge is 2.05. The minimum Gasteiger partial charge on any atom is -0.464 e. The smallest absolute Gasteiger partial charge is 0.134 e. The number of rotatable bonds is 3. The van der Waals surface area contributed by atoms with Gasteiger partial charge in [0, 0.05) is 22.9 Å². The largest absolute Gasteiger partial charge is 0.464 e. The summed E-state index contributed by atoms with van der Waals surface area (Å²) < 4.78 is 5.55. The predicted octanol–water partition coefficient (Wildman–Crippen LogP) is 4.59. The summed E-state index contributed by atoms with van der Waals surface area (Å²) in [6.07, 6.45) is 3.68. The van der Waals surface area contributed by atoms with Gasteiger partial charge in [0.1, 0.15) is 5.58 Å². The lowest BCUT2D eigenvalue weighted by atomic mass is 10.1. The lowest BCUT2D eigenvalue weighted by Crippen LogP contribution is -1.99.